The molecule has 0 spiro atoms. The van der Waals surface area contributed by atoms with Crippen molar-refractivity contribution < 1.29 is 14.4 Å². The van der Waals surface area contributed by atoms with Crippen LogP contribution in [0.4, 0.5) is 0 Å². The number of benzene rings is 2. The van der Waals surface area contributed by atoms with E-state index in [1.807, 2.05) is 50.2 Å². The Bertz CT molecular complexity index is 933. The zero-order valence-electron chi connectivity index (χ0n) is 17.5. The van der Waals surface area contributed by atoms with Gasteiger partial charge >= 0.3 is 0 Å². The average Bonchev–Trinajstić information content (AvgIpc) is 2.74. The van der Waals surface area contributed by atoms with Gasteiger partial charge in [-0.2, -0.15) is 0 Å². The molecule has 1 aliphatic heterocycles. The highest BCUT2D eigenvalue weighted by atomic mass is 32.2. The molecule has 2 aromatic carbocycles. The normalized spacial score (nSPS) is 20.6. The second-order valence-corrected chi connectivity index (χ2v) is 8.56. The van der Waals surface area contributed by atoms with Crippen molar-refractivity contribution in [3.8, 4) is 0 Å². The molecule has 0 aromatic heterocycles. The molecule has 2 aromatic rings. The number of amides is 3. The minimum Gasteiger partial charge on any atom is -0.351 e. The smallest absolute Gasteiger partial charge is 0.252 e. The van der Waals surface area contributed by atoms with Crippen LogP contribution in [-0.2, 0) is 16.1 Å². The van der Waals surface area contributed by atoms with Gasteiger partial charge in [0.2, 0.25) is 11.8 Å². The Labute approximate surface area is 185 Å². The first-order valence-electron chi connectivity index (χ1n) is 9.95. The molecule has 3 rings (SSSR count). The number of nitrogens with one attached hydrogen (secondary N) is 4. The molecule has 0 saturated carbocycles. The van der Waals surface area contributed by atoms with Crippen molar-refractivity contribution in [2.24, 2.45) is 5.73 Å². The number of hydrogen-bond donors (Lipinski definition) is 5. The lowest BCUT2D eigenvalue weighted by Crippen LogP contribution is -2.70. The van der Waals surface area contributed by atoms with Gasteiger partial charge in [-0.05, 0) is 31.5 Å². The summed E-state index contributed by atoms with van der Waals surface area (Å²) in [5, 5.41) is 11.3. The lowest BCUT2D eigenvalue weighted by molar-refractivity contribution is -0.126. The number of nitrogens with two attached hydrogens (primary N) is 1. The summed E-state index contributed by atoms with van der Waals surface area (Å²) in [6.45, 7) is 4.38. The van der Waals surface area contributed by atoms with E-state index in [4.69, 9.17) is 5.73 Å². The number of carbonyl (C=O) groups is 3. The SMILES string of the molecule is Cc1ccc(CNC(=O)CSC2NC(=O)C(NC(=O)c3ccc(C)cc3)C(N)N2)cc1. The van der Waals surface area contributed by atoms with E-state index in [1.54, 1.807) is 12.1 Å². The average molecular weight is 442 g/mol. The minimum atomic E-state index is -0.916. The summed E-state index contributed by atoms with van der Waals surface area (Å²) < 4.78 is 0. The standard InChI is InChI=1S/C22H27N5O3S/c1-13-3-7-15(8-4-13)11-24-17(28)12-31-22-26-19(23)18(21(30)27-22)25-20(29)16-9-5-14(2)6-10-16/h3-10,18-19,22,26H,11-12,23H2,1-2H3,(H,24,28)(H,25,29)(H,27,30). The molecule has 1 saturated heterocycles. The molecule has 3 unspecified atom stereocenters. The Morgan fingerprint density at radius 2 is 1.65 bits per heavy atom. The van der Waals surface area contributed by atoms with Gasteiger partial charge < -0.3 is 21.7 Å². The molecule has 31 heavy (non-hydrogen) atoms. The van der Waals surface area contributed by atoms with Crippen LogP contribution in [0.1, 0.15) is 27.0 Å². The van der Waals surface area contributed by atoms with Crippen LogP contribution >= 0.6 is 11.8 Å². The van der Waals surface area contributed by atoms with Crippen LogP contribution in [0.5, 0.6) is 0 Å². The van der Waals surface area contributed by atoms with Crippen LogP contribution in [0.25, 0.3) is 0 Å². The van der Waals surface area contributed by atoms with Crippen LogP contribution in [0.2, 0.25) is 0 Å². The number of hydrogen-bond acceptors (Lipinski definition) is 6. The van der Waals surface area contributed by atoms with Crippen LogP contribution < -0.4 is 27.0 Å². The molecule has 1 heterocycles. The van der Waals surface area contributed by atoms with Gasteiger partial charge in [0.15, 0.2) is 0 Å². The molecule has 164 valence electrons. The third kappa shape index (κ3) is 6.55. The zero-order chi connectivity index (χ0) is 22.4. The predicted octanol–water partition coefficient (Wildman–Crippen LogP) is 0.739. The van der Waals surface area contributed by atoms with Crippen LogP contribution in [0, 0.1) is 13.8 Å². The van der Waals surface area contributed by atoms with Gasteiger partial charge in [-0.25, -0.2) is 0 Å². The Hall–Kier alpha value is -2.88. The summed E-state index contributed by atoms with van der Waals surface area (Å²) in [6, 6.07) is 14.0. The van der Waals surface area contributed by atoms with Crippen molar-refractivity contribution in [3.63, 3.8) is 0 Å². The van der Waals surface area contributed by atoms with Crippen LogP contribution in [-0.4, -0.2) is 41.2 Å². The van der Waals surface area contributed by atoms with E-state index in [-0.39, 0.29) is 17.6 Å². The van der Waals surface area contributed by atoms with E-state index >= 15 is 0 Å². The van der Waals surface area contributed by atoms with Crippen molar-refractivity contribution in [3.05, 3.63) is 70.8 Å². The Kier molecular flexibility index (Phi) is 7.67. The molecule has 0 radical (unpaired) electrons. The summed E-state index contributed by atoms with van der Waals surface area (Å²) in [6.07, 6.45) is -0.781. The van der Waals surface area contributed by atoms with Gasteiger partial charge in [0.05, 0.1) is 11.9 Å². The fraction of sp³-hybridized carbons (Fsp3) is 0.318. The van der Waals surface area contributed by atoms with Gasteiger partial charge in [0, 0.05) is 12.1 Å². The molecule has 1 fully saturated rings. The van der Waals surface area contributed by atoms with E-state index in [2.05, 4.69) is 21.3 Å². The highest BCUT2D eigenvalue weighted by Crippen LogP contribution is 2.12. The summed E-state index contributed by atoms with van der Waals surface area (Å²) in [5.74, 6) is -0.773. The van der Waals surface area contributed by atoms with Crippen LogP contribution in [0.3, 0.4) is 0 Å². The van der Waals surface area contributed by atoms with Crippen molar-refractivity contribution in [1.82, 2.24) is 21.3 Å². The number of aryl methyl sites for hydroxylation is 2. The second-order valence-electron chi connectivity index (χ2n) is 7.47. The predicted molar refractivity (Wildman–Crippen MR) is 121 cm³/mol. The van der Waals surface area contributed by atoms with Gasteiger partial charge in [-0.15, -0.1) is 11.8 Å². The molecule has 3 amide bonds. The first-order chi connectivity index (χ1) is 14.8. The Morgan fingerprint density at radius 1 is 1.03 bits per heavy atom. The quantitative estimate of drug-likeness (QED) is 0.432. The molecule has 0 aliphatic carbocycles. The first kappa shape index (κ1) is 22.8. The van der Waals surface area contributed by atoms with Crippen LogP contribution in [0.15, 0.2) is 48.5 Å². The van der Waals surface area contributed by atoms with Crippen molar-refractivity contribution >= 4 is 29.5 Å². The van der Waals surface area contributed by atoms with Crippen molar-refractivity contribution in [2.45, 2.75) is 38.1 Å². The fourth-order valence-electron chi connectivity index (χ4n) is 2.99. The highest BCUT2D eigenvalue weighted by Gasteiger charge is 2.35. The largest absolute Gasteiger partial charge is 0.351 e. The van der Waals surface area contributed by atoms with E-state index < -0.39 is 23.6 Å². The van der Waals surface area contributed by atoms with Gasteiger partial charge in [0.1, 0.15) is 11.5 Å². The van der Waals surface area contributed by atoms with Gasteiger partial charge in [-0.1, -0.05) is 47.5 Å². The second kappa shape index (κ2) is 10.4. The lowest BCUT2D eigenvalue weighted by atomic mass is 10.1. The molecule has 3 atom stereocenters. The maximum absolute atomic E-state index is 12.5. The monoisotopic (exact) mass is 441 g/mol. The summed E-state index contributed by atoms with van der Waals surface area (Å²) in [7, 11) is 0. The summed E-state index contributed by atoms with van der Waals surface area (Å²) in [5.41, 5.74) is 9.20. The van der Waals surface area contributed by atoms with Gasteiger partial charge in [-0.3, -0.25) is 19.7 Å². The van der Waals surface area contributed by atoms with E-state index in [0.717, 1.165) is 16.7 Å². The number of carbonyl (C=O) groups excluding carboxylic acids is 3. The van der Waals surface area contributed by atoms with Crippen molar-refractivity contribution in [1.29, 1.82) is 0 Å². The summed E-state index contributed by atoms with van der Waals surface area (Å²) in [4.78, 5) is 37.0. The maximum atomic E-state index is 12.5. The molecule has 0 bridgehead atoms. The third-order valence-electron chi connectivity index (χ3n) is 4.85. The number of thioether (sulfide) groups is 1. The molecule has 8 nitrogen and oxygen atoms in total. The Balaban J connectivity index is 1.44. The molecule has 1 aliphatic rings. The topological polar surface area (TPSA) is 125 Å². The van der Waals surface area contributed by atoms with Gasteiger partial charge in [0.25, 0.3) is 5.91 Å². The first-order valence-corrected chi connectivity index (χ1v) is 11.0. The van der Waals surface area contributed by atoms with Crippen molar-refractivity contribution in [2.75, 3.05) is 5.75 Å². The lowest BCUT2D eigenvalue weighted by Gasteiger charge is -2.35. The van der Waals surface area contributed by atoms with E-state index in [9.17, 15) is 14.4 Å². The Morgan fingerprint density at radius 3 is 2.26 bits per heavy atom. The van der Waals surface area contributed by atoms with E-state index in [1.165, 1.54) is 11.8 Å². The minimum absolute atomic E-state index is 0.148. The molecule has 9 heteroatoms. The summed E-state index contributed by atoms with van der Waals surface area (Å²) >= 11 is 1.22. The zero-order valence-corrected chi connectivity index (χ0v) is 18.3. The highest BCUT2D eigenvalue weighted by molar-refractivity contribution is 8.00. The number of rotatable bonds is 7. The fourth-order valence-corrected chi connectivity index (χ4v) is 3.86. The maximum Gasteiger partial charge on any atom is 0.252 e. The molecular weight excluding hydrogens is 414 g/mol. The molecular formula is C22H27N5O3S. The van der Waals surface area contributed by atoms with E-state index in [0.29, 0.717) is 12.1 Å². The molecule has 6 N–H and O–H groups in total. The third-order valence-corrected chi connectivity index (χ3v) is 5.87.